The molecule has 0 saturated carbocycles. The lowest BCUT2D eigenvalue weighted by Gasteiger charge is -2.07. The predicted molar refractivity (Wildman–Crippen MR) is 134 cm³/mol. The van der Waals surface area contributed by atoms with Crippen molar-refractivity contribution < 1.29 is 9.15 Å². The van der Waals surface area contributed by atoms with Crippen molar-refractivity contribution in [3.05, 3.63) is 94.6 Å². The zero-order valence-electron chi connectivity index (χ0n) is 18.2. The predicted octanol–water partition coefficient (Wildman–Crippen LogP) is 5.96. The van der Waals surface area contributed by atoms with E-state index < -0.39 is 0 Å². The summed E-state index contributed by atoms with van der Waals surface area (Å²) in [4.78, 5) is 9.11. The lowest BCUT2D eigenvalue weighted by molar-refractivity contribution is 0.306. The number of nitrogens with one attached hydrogen (secondary N) is 1. The standard InChI is InChI=1S/C26H17ClN6O2/c27-19-8-6-18-7-10-20(28-22(18)14-19)9-4-16-2-1-3-21(12-16)34-15-17-5-11-24-23(13-17)29-26(35-24)25-30-32-33-31-25/h1-14H,15H2,(H,30,31,32,33)/b9-4+. The number of benzene rings is 3. The Bertz CT molecular complexity index is 1680. The number of tetrazole rings is 1. The number of aromatic amines is 1. The van der Waals surface area contributed by atoms with Gasteiger partial charge < -0.3 is 9.15 Å². The topological polar surface area (TPSA) is 103 Å². The van der Waals surface area contributed by atoms with Gasteiger partial charge in [-0.25, -0.2) is 15.1 Å². The fourth-order valence-corrected chi connectivity index (χ4v) is 3.84. The van der Waals surface area contributed by atoms with Crippen LogP contribution in [0.5, 0.6) is 5.75 Å². The third kappa shape index (κ3) is 4.60. The van der Waals surface area contributed by atoms with Gasteiger partial charge in [-0.15, -0.1) is 5.10 Å². The second-order valence-corrected chi connectivity index (χ2v) is 8.28. The summed E-state index contributed by atoms with van der Waals surface area (Å²) < 4.78 is 11.7. The summed E-state index contributed by atoms with van der Waals surface area (Å²) in [7, 11) is 0. The maximum absolute atomic E-state index is 6.10. The molecule has 6 aromatic rings. The van der Waals surface area contributed by atoms with Crippen LogP contribution in [0.1, 0.15) is 16.8 Å². The second kappa shape index (κ2) is 9.00. The molecule has 0 aliphatic heterocycles. The van der Waals surface area contributed by atoms with Gasteiger partial charge in [-0.05, 0) is 70.1 Å². The summed E-state index contributed by atoms with van der Waals surface area (Å²) in [5, 5.41) is 15.3. The Kier molecular flexibility index (Phi) is 5.40. The summed E-state index contributed by atoms with van der Waals surface area (Å²) >= 11 is 6.10. The molecule has 0 bridgehead atoms. The van der Waals surface area contributed by atoms with Crippen molar-refractivity contribution in [3.8, 4) is 17.5 Å². The van der Waals surface area contributed by atoms with Crippen LogP contribution in [0.2, 0.25) is 5.02 Å². The molecule has 0 fully saturated rings. The maximum Gasteiger partial charge on any atom is 0.267 e. The Labute approximate surface area is 204 Å². The maximum atomic E-state index is 6.10. The molecule has 0 atom stereocenters. The number of fused-ring (bicyclic) bond motifs is 2. The van der Waals surface area contributed by atoms with Gasteiger partial charge in [0, 0.05) is 10.4 Å². The summed E-state index contributed by atoms with van der Waals surface area (Å²) in [6.07, 6.45) is 3.98. The van der Waals surface area contributed by atoms with E-state index in [2.05, 4.69) is 30.6 Å². The number of hydrogen-bond donors (Lipinski definition) is 1. The van der Waals surface area contributed by atoms with Gasteiger partial charge in [0.15, 0.2) is 5.58 Å². The Morgan fingerprint density at radius 1 is 0.914 bits per heavy atom. The molecule has 1 N–H and O–H groups in total. The molecule has 170 valence electrons. The van der Waals surface area contributed by atoms with Gasteiger partial charge in [0.1, 0.15) is 17.9 Å². The molecule has 9 heteroatoms. The van der Waals surface area contributed by atoms with Crippen LogP contribution in [0.4, 0.5) is 0 Å². The van der Waals surface area contributed by atoms with E-state index >= 15 is 0 Å². The van der Waals surface area contributed by atoms with E-state index in [9.17, 15) is 0 Å². The van der Waals surface area contributed by atoms with Crippen molar-refractivity contribution in [1.82, 2.24) is 30.6 Å². The second-order valence-electron chi connectivity index (χ2n) is 7.84. The van der Waals surface area contributed by atoms with Gasteiger partial charge in [0.2, 0.25) is 5.82 Å². The Balaban J connectivity index is 1.15. The van der Waals surface area contributed by atoms with Crippen LogP contribution in [0.3, 0.4) is 0 Å². The molecule has 3 aromatic heterocycles. The van der Waals surface area contributed by atoms with Crippen LogP contribution in [-0.4, -0.2) is 30.6 Å². The number of nitrogens with zero attached hydrogens (tertiary/aromatic N) is 5. The zero-order valence-corrected chi connectivity index (χ0v) is 19.0. The van der Waals surface area contributed by atoms with E-state index in [1.54, 1.807) is 0 Å². The molecule has 0 aliphatic rings. The van der Waals surface area contributed by atoms with Crippen molar-refractivity contribution in [1.29, 1.82) is 0 Å². The number of hydrogen-bond acceptors (Lipinski definition) is 7. The third-order valence-corrected chi connectivity index (χ3v) is 5.62. The molecule has 0 aliphatic carbocycles. The van der Waals surface area contributed by atoms with Crippen LogP contribution in [-0.2, 0) is 6.61 Å². The van der Waals surface area contributed by atoms with Crippen molar-refractivity contribution in [3.63, 3.8) is 0 Å². The minimum absolute atomic E-state index is 0.339. The number of aromatic nitrogens is 6. The number of halogens is 1. The van der Waals surface area contributed by atoms with Crippen LogP contribution >= 0.6 is 11.6 Å². The lowest BCUT2D eigenvalue weighted by atomic mass is 10.1. The monoisotopic (exact) mass is 480 g/mol. The Morgan fingerprint density at radius 3 is 2.77 bits per heavy atom. The normalized spacial score (nSPS) is 11.6. The highest BCUT2D eigenvalue weighted by molar-refractivity contribution is 6.31. The minimum Gasteiger partial charge on any atom is -0.489 e. The van der Waals surface area contributed by atoms with Gasteiger partial charge in [-0.2, -0.15) is 0 Å². The summed E-state index contributed by atoms with van der Waals surface area (Å²) in [5.41, 5.74) is 5.05. The molecule has 35 heavy (non-hydrogen) atoms. The van der Waals surface area contributed by atoms with Crippen LogP contribution < -0.4 is 4.74 Å². The quantitative estimate of drug-likeness (QED) is 0.313. The van der Waals surface area contributed by atoms with Gasteiger partial charge >= 0.3 is 0 Å². The molecule has 6 rings (SSSR count). The SMILES string of the molecule is Clc1ccc2ccc(/C=C/c3cccc(OCc4ccc5oc(-c6nnn[nH]6)nc5c4)c3)nc2c1. The van der Waals surface area contributed by atoms with E-state index in [1.165, 1.54) is 0 Å². The largest absolute Gasteiger partial charge is 0.489 e. The molecule has 0 unspecified atom stereocenters. The highest BCUT2D eigenvalue weighted by Crippen LogP contribution is 2.24. The summed E-state index contributed by atoms with van der Waals surface area (Å²) in [5.74, 6) is 1.48. The number of oxazole rings is 1. The molecule has 0 saturated heterocycles. The third-order valence-electron chi connectivity index (χ3n) is 5.39. The first-order valence-corrected chi connectivity index (χ1v) is 11.2. The average molecular weight is 481 g/mol. The molecule has 3 heterocycles. The first-order chi connectivity index (χ1) is 17.2. The number of pyridine rings is 1. The summed E-state index contributed by atoms with van der Waals surface area (Å²) in [6, 6.07) is 23.3. The first kappa shape index (κ1) is 21.0. The minimum atomic E-state index is 0.339. The number of H-pyrrole nitrogens is 1. The van der Waals surface area contributed by atoms with Gasteiger partial charge in [-0.3, -0.25) is 0 Å². The highest BCUT2D eigenvalue weighted by Gasteiger charge is 2.12. The lowest BCUT2D eigenvalue weighted by Crippen LogP contribution is -1.95. The van der Waals surface area contributed by atoms with Crippen LogP contribution in [0.15, 0.2) is 77.2 Å². The smallest absolute Gasteiger partial charge is 0.267 e. The molecule has 3 aromatic carbocycles. The van der Waals surface area contributed by atoms with Crippen molar-refractivity contribution >= 4 is 45.8 Å². The highest BCUT2D eigenvalue weighted by atomic mass is 35.5. The fraction of sp³-hybridized carbons (Fsp3) is 0.0385. The van der Waals surface area contributed by atoms with Gasteiger partial charge in [0.25, 0.3) is 5.89 Å². The van der Waals surface area contributed by atoms with E-state index in [1.807, 2.05) is 84.9 Å². The molecule has 0 radical (unpaired) electrons. The fourth-order valence-electron chi connectivity index (χ4n) is 3.67. The first-order valence-electron chi connectivity index (χ1n) is 10.8. The molecular weight excluding hydrogens is 464 g/mol. The van der Waals surface area contributed by atoms with Gasteiger partial charge in [-0.1, -0.05) is 48.0 Å². The van der Waals surface area contributed by atoms with Crippen molar-refractivity contribution in [2.75, 3.05) is 0 Å². The molecular formula is C26H17ClN6O2. The Hall–Kier alpha value is -4.56. The van der Waals surface area contributed by atoms with E-state index in [-0.39, 0.29) is 0 Å². The van der Waals surface area contributed by atoms with E-state index in [4.69, 9.17) is 20.8 Å². The zero-order chi connectivity index (χ0) is 23.6. The molecule has 8 nitrogen and oxygen atoms in total. The average Bonchev–Trinajstić information content (AvgIpc) is 3.56. The molecule has 0 spiro atoms. The Morgan fingerprint density at radius 2 is 1.86 bits per heavy atom. The van der Waals surface area contributed by atoms with Crippen LogP contribution in [0.25, 0.3) is 45.9 Å². The van der Waals surface area contributed by atoms with Crippen LogP contribution in [0, 0.1) is 0 Å². The van der Waals surface area contributed by atoms with E-state index in [0.717, 1.165) is 33.5 Å². The van der Waals surface area contributed by atoms with E-state index in [0.29, 0.717) is 34.4 Å². The number of ether oxygens (including phenoxy) is 1. The van der Waals surface area contributed by atoms with Gasteiger partial charge in [0.05, 0.1) is 11.2 Å². The molecule has 0 amide bonds. The summed E-state index contributed by atoms with van der Waals surface area (Å²) in [6.45, 7) is 0.391. The van der Waals surface area contributed by atoms with Crippen molar-refractivity contribution in [2.24, 2.45) is 0 Å². The van der Waals surface area contributed by atoms with Crippen molar-refractivity contribution in [2.45, 2.75) is 6.61 Å². The number of rotatable bonds is 6.